The third-order valence-electron chi connectivity index (χ3n) is 4.43. The molecule has 4 aromatic rings. The van der Waals surface area contributed by atoms with Crippen LogP contribution in [0.15, 0.2) is 24.5 Å². The summed E-state index contributed by atoms with van der Waals surface area (Å²) in [5, 5.41) is 19.0. The molecular weight excluding hydrogens is 386 g/mol. The number of hydrogen-bond donors (Lipinski definition) is 1. The van der Waals surface area contributed by atoms with Gasteiger partial charge in [0.2, 0.25) is 5.88 Å². The van der Waals surface area contributed by atoms with Crippen molar-refractivity contribution in [3.8, 4) is 28.6 Å². The lowest BCUT2D eigenvalue weighted by Gasteiger charge is -2.02. The van der Waals surface area contributed by atoms with Crippen molar-refractivity contribution in [3.05, 3.63) is 46.6 Å². The third-order valence-corrected chi connectivity index (χ3v) is 5.51. The minimum atomic E-state index is 0.336. The van der Waals surface area contributed by atoms with E-state index in [1.54, 1.807) is 35.9 Å². The van der Waals surface area contributed by atoms with E-state index in [9.17, 15) is 10.5 Å². The average molecular weight is 401 g/mol. The molecule has 142 valence electrons. The first kappa shape index (κ1) is 18.4. The maximum Gasteiger partial charge on any atom is 0.215 e. The van der Waals surface area contributed by atoms with Crippen LogP contribution in [0.1, 0.15) is 22.1 Å². The molecule has 0 bridgehead atoms. The fraction of sp³-hybridized carbons (Fsp3) is 0.150. The van der Waals surface area contributed by atoms with Gasteiger partial charge in [0.05, 0.1) is 52.2 Å². The number of imidazole rings is 2. The normalized spacial score (nSPS) is 11.4. The first-order chi connectivity index (χ1) is 14.0. The molecule has 0 radical (unpaired) electrons. The number of nitriles is 2. The van der Waals surface area contributed by atoms with E-state index in [4.69, 9.17) is 4.74 Å². The number of aromatic nitrogens is 5. The van der Waals surface area contributed by atoms with Gasteiger partial charge < -0.3 is 14.3 Å². The molecule has 29 heavy (non-hydrogen) atoms. The Balaban J connectivity index is 1.76. The molecule has 9 heteroatoms. The molecule has 8 nitrogen and oxygen atoms in total. The zero-order chi connectivity index (χ0) is 20.5. The molecule has 4 rings (SSSR count). The second kappa shape index (κ2) is 7.23. The average Bonchev–Trinajstić information content (AvgIpc) is 3.41. The summed E-state index contributed by atoms with van der Waals surface area (Å²) in [7, 11) is 3.39. The fourth-order valence-electron chi connectivity index (χ4n) is 2.97. The number of aryl methyl sites for hydroxylation is 1. The molecule has 1 N–H and O–H groups in total. The number of methoxy groups -OCH3 is 1. The first-order valence-corrected chi connectivity index (χ1v) is 9.40. The lowest BCUT2D eigenvalue weighted by atomic mass is 10.2. The van der Waals surface area contributed by atoms with Crippen LogP contribution in [-0.2, 0) is 7.05 Å². The van der Waals surface area contributed by atoms with Crippen LogP contribution >= 0.6 is 11.3 Å². The number of nitrogens with zero attached hydrogens (tertiary/aromatic N) is 6. The van der Waals surface area contributed by atoms with Crippen molar-refractivity contribution in [2.24, 2.45) is 7.05 Å². The van der Waals surface area contributed by atoms with Gasteiger partial charge in [0.1, 0.15) is 23.8 Å². The zero-order valence-electron chi connectivity index (χ0n) is 15.9. The maximum atomic E-state index is 9.67. The number of rotatable bonds is 4. The molecule has 0 saturated heterocycles. The van der Waals surface area contributed by atoms with Crippen LogP contribution < -0.4 is 4.74 Å². The predicted octanol–water partition coefficient (Wildman–Crippen LogP) is 3.67. The molecule has 0 atom stereocenters. The van der Waals surface area contributed by atoms with E-state index in [1.807, 2.05) is 24.6 Å². The van der Waals surface area contributed by atoms with Crippen LogP contribution in [0.2, 0.25) is 0 Å². The van der Waals surface area contributed by atoms with Crippen LogP contribution in [0.3, 0.4) is 0 Å². The van der Waals surface area contributed by atoms with Crippen molar-refractivity contribution >= 4 is 34.0 Å². The van der Waals surface area contributed by atoms with Gasteiger partial charge in [-0.25, -0.2) is 15.0 Å². The van der Waals surface area contributed by atoms with Gasteiger partial charge in [0.25, 0.3) is 0 Å². The topological polar surface area (TPSA) is 116 Å². The van der Waals surface area contributed by atoms with Crippen molar-refractivity contribution in [1.82, 2.24) is 24.5 Å². The molecule has 0 amide bonds. The second-order valence-corrected chi connectivity index (χ2v) is 7.53. The van der Waals surface area contributed by atoms with E-state index in [-0.39, 0.29) is 0 Å². The molecule has 0 aliphatic carbocycles. The molecule has 0 aromatic carbocycles. The standard InChI is InChI=1S/C20H15N7OS/c1-11-4-12(7-21)19(29-11)16-10-23-17(27(16)2)5-13(8-22)20-25-14-6-18(28-3)24-9-15(14)26-20/h4-6,9-10H,1-3H3,(H,25,26)/b13-5+. The highest BCUT2D eigenvalue weighted by atomic mass is 32.1. The van der Waals surface area contributed by atoms with Gasteiger partial charge >= 0.3 is 0 Å². The number of pyridine rings is 1. The number of H-pyrrole nitrogens is 1. The molecular formula is C20H15N7OS. The van der Waals surface area contributed by atoms with Gasteiger partial charge in [0.15, 0.2) is 0 Å². The van der Waals surface area contributed by atoms with Crippen LogP contribution in [-0.4, -0.2) is 31.6 Å². The van der Waals surface area contributed by atoms with Crippen LogP contribution in [0.5, 0.6) is 5.88 Å². The summed E-state index contributed by atoms with van der Waals surface area (Å²) in [5.74, 6) is 1.46. The Morgan fingerprint density at radius 2 is 2.10 bits per heavy atom. The van der Waals surface area contributed by atoms with Crippen LogP contribution in [0.25, 0.3) is 33.3 Å². The maximum absolute atomic E-state index is 9.67. The molecule has 0 spiro atoms. The van der Waals surface area contributed by atoms with Gasteiger partial charge in [-0.2, -0.15) is 10.5 Å². The Morgan fingerprint density at radius 1 is 1.28 bits per heavy atom. The van der Waals surface area contributed by atoms with E-state index in [0.717, 1.165) is 15.4 Å². The van der Waals surface area contributed by atoms with Crippen molar-refractivity contribution in [1.29, 1.82) is 10.5 Å². The number of nitrogens with one attached hydrogen (secondary N) is 1. The Kier molecular flexibility index (Phi) is 4.59. The lowest BCUT2D eigenvalue weighted by molar-refractivity contribution is 0.398. The number of thiophene rings is 1. The van der Waals surface area contributed by atoms with E-state index in [1.165, 1.54) is 7.11 Å². The Morgan fingerprint density at radius 3 is 2.83 bits per heavy atom. The number of hydrogen-bond acceptors (Lipinski definition) is 7. The Hall–Kier alpha value is -3.95. The minimum Gasteiger partial charge on any atom is -0.481 e. The monoisotopic (exact) mass is 401 g/mol. The SMILES string of the molecule is COc1cc2nc(/C(C#N)=C/c3ncc(-c4sc(C)cc4C#N)n3C)[nH]c2cn1. The quantitative estimate of drug-likeness (QED) is 0.522. The summed E-state index contributed by atoms with van der Waals surface area (Å²) in [6, 6.07) is 7.96. The van der Waals surface area contributed by atoms with Gasteiger partial charge in [-0.1, -0.05) is 0 Å². The van der Waals surface area contributed by atoms with Crippen molar-refractivity contribution in [2.45, 2.75) is 6.92 Å². The van der Waals surface area contributed by atoms with Gasteiger partial charge in [-0.15, -0.1) is 11.3 Å². The second-order valence-electron chi connectivity index (χ2n) is 6.27. The van der Waals surface area contributed by atoms with E-state index < -0.39 is 0 Å². The summed E-state index contributed by atoms with van der Waals surface area (Å²) in [5.41, 5.74) is 3.13. The minimum absolute atomic E-state index is 0.336. The van der Waals surface area contributed by atoms with Gasteiger partial charge in [-0.05, 0) is 13.0 Å². The number of aromatic amines is 1. The molecule has 0 aliphatic heterocycles. The van der Waals surface area contributed by atoms with Crippen LogP contribution in [0, 0.1) is 29.6 Å². The largest absolute Gasteiger partial charge is 0.481 e. The third kappa shape index (κ3) is 3.24. The van der Waals surface area contributed by atoms with Crippen LogP contribution in [0.4, 0.5) is 0 Å². The number of ether oxygens (including phenoxy) is 1. The van der Waals surface area contributed by atoms with Gasteiger partial charge in [0, 0.05) is 24.1 Å². The summed E-state index contributed by atoms with van der Waals surface area (Å²) >= 11 is 1.54. The highest BCUT2D eigenvalue weighted by molar-refractivity contribution is 7.15. The van der Waals surface area contributed by atoms with E-state index in [0.29, 0.717) is 39.7 Å². The summed E-state index contributed by atoms with van der Waals surface area (Å²) < 4.78 is 6.97. The van der Waals surface area contributed by atoms with Crippen molar-refractivity contribution in [2.75, 3.05) is 7.11 Å². The highest BCUT2D eigenvalue weighted by Crippen LogP contribution is 2.32. The Labute approximate surface area is 170 Å². The highest BCUT2D eigenvalue weighted by Gasteiger charge is 2.16. The molecule has 0 saturated carbocycles. The first-order valence-electron chi connectivity index (χ1n) is 8.58. The predicted molar refractivity (Wildman–Crippen MR) is 110 cm³/mol. The van der Waals surface area contributed by atoms with Crippen molar-refractivity contribution < 1.29 is 4.74 Å². The molecule has 0 fully saturated rings. The number of allylic oxidation sites excluding steroid dienone is 1. The summed E-state index contributed by atoms with van der Waals surface area (Å²) in [6.45, 7) is 1.96. The summed E-state index contributed by atoms with van der Waals surface area (Å²) in [6.07, 6.45) is 4.99. The van der Waals surface area contributed by atoms with E-state index >= 15 is 0 Å². The lowest BCUT2D eigenvalue weighted by Crippen LogP contribution is -1.96. The smallest absolute Gasteiger partial charge is 0.215 e. The molecule has 0 unspecified atom stereocenters. The molecule has 4 heterocycles. The van der Waals surface area contributed by atoms with E-state index in [2.05, 4.69) is 32.1 Å². The molecule has 4 aromatic heterocycles. The van der Waals surface area contributed by atoms with Crippen molar-refractivity contribution in [3.63, 3.8) is 0 Å². The fourth-order valence-corrected chi connectivity index (χ4v) is 3.98. The summed E-state index contributed by atoms with van der Waals surface area (Å²) in [4.78, 5) is 18.1. The Bertz CT molecular complexity index is 1340. The van der Waals surface area contributed by atoms with Gasteiger partial charge in [-0.3, -0.25) is 0 Å². The number of fused-ring (bicyclic) bond motifs is 1. The molecule has 0 aliphatic rings. The zero-order valence-corrected chi connectivity index (χ0v) is 16.7.